The molecule has 5 heteroatoms. The van der Waals surface area contributed by atoms with E-state index in [2.05, 4.69) is 32.3 Å². The molecule has 1 aromatic heterocycles. The summed E-state index contributed by atoms with van der Waals surface area (Å²) in [5.41, 5.74) is 2.57. The Kier molecular flexibility index (Phi) is 4.19. The predicted molar refractivity (Wildman–Crippen MR) is 75.4 cm³/mol. The van der Waals surface area contributed by atoms with E-state index >= 15 is 0 Å². The van der Waals surface area contributed by atoms with Crippen molar-refractivity contribution in [2.75, 3.05) is 5.32 Å². The predicted octanol–water partition coefficient (Wildman–Crippen LogP) is 3.98. The highest BCUT2D eigenvalue weighted by atomic mass is 79.9. The molecule has 2 aromatic rings. The van der Waals surface area contributed by atoms with Crippen molar-refractivity contribution in [3.63, 3.8) is 0 Å². The second kappa shape index (κ2) is 5.85. The van der Waals surface area contributed by atoms with Crippen LogP contribution in [0.5, 0.6) is 0 Å². The van der Waals surface area contributed by atoms with Gasteiger partial charge in [-0.25, -0.2) is 4.98 Å². The van der Waals surface area contributed by atoms with Crippen molar-refractivity contribution in [3.05, 3.63) is 57.3 Å². The summed E-state index contributed by atoms with van der Waals surface area (Å²) in [6, 6.07) is 11.4. The Balaban J connectivity index is 2.07. The number of anilines is 1. The molecule has 2 rings (SSSR count). The number of hydrogen-bond donors (Lipinski definition) is 1. The van der Waals surface area contributed by atoms with Crippen LogP contribution in [0.4, 0.5) is 5.69 Å². The number of nitriles is 1. The molecule has 0 amide bonds. The number of rotatable bonds is 3. The van der Waals surface area contributed by atoms with Gasteiger partial charge in [0.2, 0.25) is 0 Å². The first-order chi connectivity index (χ1) is 8.69. The first kappa shape index (κ1) is 12.9. The van der Waals surface area contributed by atoms with Gasteiger partial charge < -0.3 is 5.32 Å². The van der Waals surface area contributed by atoms with Gasteiger partial charge in [-0.3, -0.25) is 0 Å². The Labute approximate surface area is 119 Å². The van der Waals surface area contributed by atoms with Gasteiger partial charge in [0, 0.05) is 6.54 Å². The van der Waals surface area contributed by atoms with Gasteiger partial charge in [0.1, 0.15) is 5.15 Å². The van der Waals surface area contributed by atoms with E-state index < -0.39 is 0 Å². The molecule has 1 heterocycles. The number of aromatic nitrogens is 1. The first-order valence-corrected chi connectivity index (χ1v) is 6.40. The number of pyridine rings is 1. The van der Waals surface area contributed by atoms with Crippen molar-refractivity contribution in [3.8, 4) is 6.07 Å². The Morgan fingerprint density at radius 1 is 1.39 bits per heavy atom. The largest absolute Gasteiger partial charge is 0.380 e. The van der Waals surface area contributed by atoms with E-state index in [0.717, 1.165) is 15.7 Å². The molecule has 0 bridgehead atoms. The summed E-state index contributed by atoms with van der Waals surface area (Å²) in [7, 11) is 0. The number of hydrogen-bond acceptors (Lipinski definition) is 3. The van der Waals surface area contributed by atoms with Gasteiger partial charge in [-0.1, -0.05) is 23.7 Å². The normalized spacial score (nSPS) is 9.83. The van der Waals surface area contributed by atoms with Crippen LogP contribution in [0.1, 0.15) is 11.1 Å². The Morgan fingerprint density at radius 3 is 2.94 bits per heavy atom. The van der Waals surface area contributed by atoms with E-state index in [1.165, 1.54) is 0 Å². The van der Waals surface area contributed by atoms with Crippen LogP contribution in [0, 0.1) is 11.3 Å². The van der Waals surface area contributed by atoms with Gasteiger partial charge in [-0.05, 0) is 39.7 Å². The highest BCUT2D eigenvalue weighted by molar-refractivity contribution is 9.10. The van der Waals surface area contributed by atoms with Crippen LogP contribution in [0.15, 0.2) is 41.0 Å². The summed E-state index contributed by atoms with van der Waals surface area (Å²) in [5, 5.41) is 12.5. The van der Waals surface area contributed by atoms with Gasteiger partial charge in [0.25, 0.3) is 0 Å². The molecular weight excluding hydrogens is 314 g/mol. The summed E-state index contributed by atoms with van der Waals surface area (Å²) in [5.74, 6) is 0. The van der Waals surface area contributed by atoms with E-state index in [1.54, 1.807) is 12.3 Å². The summed E-state index contributed by atoms with van der Waals surface area (Å²) in [4.78, 5) is 4.03. The molecule has 0 aliphatic rings. The molecule has 1 N–H and O–H groups in total. The molecular formula is C13H9BrClN3. The maximum absolute atomic E-state index is 8.81. The van der Waals surface area contributed by atoms with Crippen LogP contribution >= 0.6 is 27.5 Å². The maximum Gasteiger partial charge on any atom is 0.143 e. The zero-order valence-corrected chi connectivity index (χ0v) is 11.7. The Morgan fingerprint density at radius 2 is 2.22 bits per heavy atom. The van der Waals surface area contributed by atoms with Crippen molar-refractivity contribution in [1.29, 1.82) is 5.26 Å². The molecule has 0 saturated carbocycles. The number of benzene rings is 1. The van der Waals surface area contributed by atoms with Crippen molar-refractivity contribution < 1.29 is 0 Å². The molecule has 0 atom stereocenters. The van der Waals surface area contributed by atoms with Gasteiger partial charge in [-0.15, -0.1) is 0 Å². The van der Waals surface area contributed by atoms with Gasteiger partial charge in [-0.2, -0.15) is 5.26 Å². The molecule has 18 heavy (non-hydrogen) atoms. The van der Waals surface area contributed by atoms with Crippen molar-refractivity contribution >= 4 is 33.2 Å². The Bertz CT molecular complexity index is 607. The molecule has 1 aromatic carbocycles. The standard InChI is InChI=1S/C13H9BrClN3/c14-12-5-11(8-18-13(12)15)17-7-10-3-1-2-9(4-10)6-16/h1-5,8,17H,7H2. The van der Waals surface area contributed by atoms with Crippen molar-refractivity contribution in [2.45, 2.75) is 6.54 Å². The highest BCUT2D eigenvalue weighted by Crippen LogP contribution is 2.23. The maximum atomic E-state index is 8.81. The quantitative estimate of drug-likeness (QED) is 0.870. The third kappa shape index (κ3) is 3.22. The lowest BCUT2D eigenvalue weighted by atomic mass is 10.1. The van der Waals surface area contributed by atoms with Crippen LogP contribution in [0.3, 0.4) is 0 Å². The molecule has 0 aliphatic heterocycles. The minimum atomic E-state index is 0.437. The van der Waals surface area contributed by atoms with Gasteiger partial charge in [0.15, 0.2) is 0 Å². The summed E-state index contributed by atoms with van der Waals surface area (Å²) in [6.07, 6.45) is 1.67. The van der Waals surface area contributed by atoms with E-state index in [0.29, 0.717) is 17.3 Å². The third-order valence-corrected chi connectivity index (χ3v) is 3.48. The van der Waals surface area contributed by atoms with Crippen LogP contribution < -0.4 is 5.32 Å². The van der Waals surface area contributed by atoms with Crippen molar-refractivity contribution in [2.24, 2.45) is 0 Å². The highest BCUT2D eigenvalue weighted by Gasteiger charge is 2.01. The molecule has 3 nitrogen and oxygen atoms in total. The fraction of sp³-hybridized carbons (Fsp3) is 0.0769. The van der Waals surface area contributed by atoms with Crippen LogP contribution in [0.2, 0.25) is 5.15 Å². The first-order valence-electron chi connectivity index (χ1n) is 5.23. The van der Waals surface area contributed by atoms with E-state index in [-0.39, 0.29) is 0 Å². The molecule has 0 fully saturated rings. The fourth-order valence-corrected chi connectivity index (χ4v) is 1.93. The SMILES string of the molecule is N#Cc1cccc(CNc2cnc(Cl)c(Br)c2)c1. The second-order valence-electron chi connectivity index (χ2n) is 3.66. The molecule has 0 spiro atoms. The van der Waals surface area contributed by atoms with Crippen LogP contribution in [-0.4, -0.2) is 4.98 Å². The van der Waals surface area contributed by atoms with E-state index in [1.807, 2.05) is 24.3 Å². The molecule has 0 radical (unpaired) electrons. The second-order valence-corrected chi connectivity index (χ2v) is 4.87. The summed E-state index contributed by atoms with van der Waals surface area (Å²) < 4.78 is 0.750. The lowest BCUT2D eigenvalue weighted by molar-refractivity contribution is 1.13. The van der Waals surface area contributed by atoms with E-state index in [9.17, 15) is 0 Å². The molecule has 90 valence electrons. The molecule has 0 unspecified atom stereocenters. The van der Waals surface area contributed by atoms with Crippen molar-refractivity contribution in [1.82, 2.24) is 4.98 Å². The Hall–Kier alpha value is -1.57. The summed E-state index contributed by atoms with van der Waals surface area (Å²) in [6.45, 7) is 0.630. The molecule has 0 saturated heterocycles. The lowest BCUT2D eigenvalue weighted by Crippen LogP contribution is -2.00. The topological polar surface area (TPSA) is 48.7 Å². The van der Waals surface area contributed by atoms with Crippen LogP contribution in [-0.2, 0) is 6.54 Å². The monoisotopic (exact) mass is 321 g/mol. The zero-order valence-electron chi connectivity index (χ0n) is 9.32. The minimum Gasteiger partial charge on any atom is -0.380 e. The number of nitrogens with one attached hydrogen (secondary N) is 1. The minimum absolute atomic E-state index is 0.437. The average Bonchev–Trinajstić information content (AvgIpc) is 2.40. The lowest BCUT2D eigenvalue weighted by Gasteiger charge is -2.07. The fourth-order valence-electron chi connectivity index (χ4n) is 1.47. The van der Waals surface area contributed by atoms with Gasteiger partial charge >= 0.3 is 0 Å². The van der Waals surface area contributed by atoms with Crippen LogP contribution in [0.25, 0.3) is 0 Å². The number of halogens is 2. The third-order valence-electron chi connectivity index (χ3n) is 2.35. The number of nitrogens with zero attached hydrogens (tertiary/aromatic N) is 2. The average molecular weight is 323 g/mol. The summed E-state index contributed by atoms with van der Waals surface area (Å²) >= 11 is 9.13. The smallest absolute Gasteiger partial charge is 0.143 e. The van der Waals surface area contributed by atoms with E-state index in [4.69, 9.17) is 16.9 Å². The zero-order chi connectivity index (χ0) is 13.0. The van der Waals surface area contributed by atoms with Gasteiger partial charge in [0.05, 0.1) is 28.0 Å². The molecule has 0 aliphatic carbocycles.